The summed E-state index contributed by atoms with van der Waals surface area (Å²) in [5, 5.41) is 6.67. The van der Waals surface area contributed by atoms with Crippen molar-refractivity contribution < 1.29 is 9.47 Å². The molecule has 0 saturated carbocycles. The van der Waals surface area contributed by atoms with Crippen molar-refractivity contribution in [3.63, 3.8) is 0 Å². The number of hydrogen-bond donors (Lipinski definition) is 1. The first-order valence-electron chi connectivity index (χ1n) is 34.4. The number of anilines is 11. The largest absolute Gasteiger partial charge is 0.458 e. The van der Waals surface area contributed by atoms with Gasteiger partial charge >= 0.3 is 0 Å². The number of benzene rings is 13. The maximum absolute atomic E-state index is 7.75. The van der Waals surface area contributed by atoms with E-state index in [9.17, 15) is 0 Å². The van der Waals surface area contributed by atoms with E-state index in [4.69, 9.17) is 9.47 Å². The maximum Gasteiger partial charge on any atom is 0.264 e. The van der Waals surface area contributed by atoms with Crippen molar-refractivity contribution in [2.45, 2.75) is 41.5 Å². The van der Waals surface area contributed by atoms with Crippen LogP contribution in [0, 0.1) is 41.5 Å². The van der Waals surface area contributed by atoms with Crippen LogP contribution in [0.4, 0.5) is 62.6 Å². The molecule has 21 rings (SSSR count). The highest BCUT2D eigenvalue weighted by Crippen LogP contribution is 2.53. The molecule has 0 atom stereocenters. The van der Waals surface area contributed by atoms with E-state index in [1.807, 2.05) is 22.7 Å². The van der Waals surface area contributed by atoms with Crippen LogP contribution in [0.2, 0.25) is 0 Å². The Bertz CT molecular complexity index is 6040. The van der Waals surface area contributed by atoms with Crippen LogP contribution in [0.1, 0.15) is 33.4 Å². The van der Waals surface area contributed by atoms with Crippen LogP contribution >= 0.6 is 22.7 Å². The molecule has 6 aliphatic heterocycles. The quantitative estimate of drug-likeness (QED) is 0.167. The van der Waals surface area contributed by atoms with Crippen molar-refractivity contribution in [1.82, 2.24) is 0 Å². The Morgan fingerprint density at radius 2 is 0.758 bits per heavy atom. The van der Waals surface area contributed by atoms with Gasteiger partial charge in [0, 0.05) is 92.8 Å². The zero-order chi connectivity index (χ0) is 65.8. The summed E-state index contributed by atoms with van der Waals surface area (Å²) in [5.74, 6) is 3.29. The van der Waals surface area contributed by atoms with Crippen LogP contribution in [0.25, 0.3) is 53.6 Å². The van der Waals surface area contributed by atoms with Gasteiger partial charge in [-0.3, -0.25) is 0 Å². The molecule has 0 fully saturated rings. The smallest absolute Gasteiger partial charge is 0.264 e. The van der Waals surface area contributed by atoms with Crippen LogP contribution in [0.5, 0.6) is 23.0 Å². The molecular formula is C88H61B3N4O2S2. The van der Waals surface area contributed by atoms with Gasteiger partial charge in [0.15, 0.2) is 0 Å². The molecule has 1 N–H and O–H groups in total. The molecule has 0 radical (unpaired) electrons. The summed E-state index contributed by atoms with van der Waals surface area (Å²) in [6.45, 7) is 12.9. The van der Waals surface area contributed by atoms with Crippen LogP contribution < -0.4 is 77.3 Å². The lowest BCUT2D eigenvalue weighted by atomic mass is 9.31. The highest BCUT2D eigenvalue weighted by atomic mass is 32.1. The number of aryl methyl sites for hydroxylation is 6. The molecule has 0 aliphatic carbocycles. The first-order valence-corrected chi connectivity index (χ1v) is 36.0. The molecule has 8 heterocycles. The predicted molar refractivity (Wildman–Crippen MR) is 423 cm³/mol. The van der Waals surface area contributed by atoms with E-state index in [0.717, 1.165) is 79.0 Å². The molecule has 99 heavy (non-hydrogen) atoms. The third-order valence-corrected chi connectivity index (χ3v) is 24.4. The molecule has 11 heteroatoms. The van der Waals surface area contributed by atoms with Crippen LogP contribution in [0.3, 0.4) is 0 Å². The van der Waals surface area contributed by atoms with E-state index in [1.165, 1.54) is 141 Å². The molecule has 2 aromatic heterocycles. The summed E-state index contributed by atoms with van der Waals surface area (Å²) in [7, 11) is 0. The molecule has 0 amide bonds. The second kappa shape index (κ2) is 21.1. The summed E-state index contributed by atoms with van der Waals surface area (Å²) in [4.78, 5) is 7.76. The molecule has 0 spiro atoms. The van der Waals surface area contributed by atoms with Crippen LogP contribution in [-0.4, -0.2) is 20.1 Å². The van der Waals surface area contributed by atoms with Gasteiger partial charge in [-0.05, 0) is 208 Å². The van der Waals surface area contributed by atoms with Gasteiger partial charge in [-0.15, -0.1) is 22.7 Å². The lowest BCUT2D eigenvalue weighted by Gasteiger charge is -2.45. The average molecular weight is 1300 g/mol. The number of para-hydroxylation sites is 2. The zero-order valence-electron chi connectivity index (χ0n) is 55.5. The lowest BCUT2D eigenvalue weighted by Crippen LogP contribution is -2.64. The second-order valence-corrected chi connectivity index (χ2v) is 30.0. The molecule has 0 unspecified atom stereocenters. The topological polar surface area (TPSA) is 40.2 Å². The summed E-state index contributed by atoms with van der Waals surface area (Å²) in [6.07, 6.45) is 0. The van der Waals surface area contributed by atoms with Gasteiger partial charge in [-0.2, -0.15) is 0 Å². The molecule has 6 nitrogen and oxygen atoms in total. The van der Waals surface area contributed by atoms with Crippen molar-refractivity contribution >= 4 is 173 Å². The van der Waals surface area contributed by atoms with E-state index in [2.05, 4.69) is 316 Å². The number of nitrogens with zero attached hydrogens (tertiary/aromatic N) is 3. The van der Waals surface area contributed by atoms with Crippen molar-refractivity contribution in [2.24, 2.45) is 0 Å². The van der Waals surface area contributed by atoms with Crippen molar-refractivity contribution in [1.29, 1.82) is 0 Å². The first kappa shape index (κ1) is 56.9. The van der Waals surface area contributed by atoms with Gasteiger partial charge in [0.2, 0.25) is 0 Å². The Kier molecular flexibility index (Phi) is 12.2. The minimum Gasteiger partial charge on any atom is -0.458 e. The molecule has 0 saturated heterocycles. The highest BCUT2D eigenvalue weighted by molar-refractivity contribution is 7.34. The molecule has 466 valence electrons. The van der Waals surface area contributed by atoms with Crippen molar-refractivity contribution in [3.8, 4) is 56.4 Å². The summed E-state index contributed by atoms with van der Waals surface area (Å²) < 4.78 is 20.5. The molecule has 15 aromatic rings. The Morgan fingerprint density at radius 3 is 1.30 bits per heavy atom. The minimum atomic E-state index is -0.286. The third-order valence-electron chi connectivity index (χ3n) is 21.9. The number of nitrogens with one attached hydrogen (secondary N) is 1. The standard InChI is InChI=1S/C88H61B3N4O2S2/c1-49-37-53(5)84(54(6)38-49)95-71-48-76-68(46-66(71)91-82-73(41-56(42-74(82)95)61-31-17-14-24-51(61)3)94(59-28-11-8-12-29-59)86-64-34-20-22-36-80(64)99-88(86)91)89-67-45-65-69(47-75(67)96-77-43-57(44-78(97-76)83(77)89)62-32-18-15-25-52(62)4)92-70-39-55(60-30-16-13-23-50(60)2)40-72-81(70)90(65)87-85(63-33-19-21-35-79(63)98-87)93(72)58-26-9-7-10-27-58/h7-48,92H,1-6H3. The van der Waals surface area contributed by atoms with E-state index < -0.39 is 0 Å². The van der Waals surface area contributed by atoms with E-state index >= 15 is 0 Å². The van der Waals surface area contributed by atoms with E-state index in [1.54, 1.807) is 0 Å². The van der Waals surface area contributed by atoms with Gasteiger partial charge in [-0.25, -0.2) is 0 Å². The zero-order valence-corrected chi connectivity index (χ0v) is 57.1. The number of fused-ring (bicyclic) bond motifs is 16. The fraction of sp³-hybridized carbons (Fsp3) is 0.0682. The molecule has 13 aromatic carbocycles. The number of hydrogen-bond acceptors (Lipinski definition) is 8. The van der Waals surface area contributed by atoms with Crippen LogP contribution in [-0.2, 0) is 0 Å². The predicted octanol–water partition coefficient (Wildman–Crippen LogP) is 18.1. The number of thiophene rings is 2. The van der Waals surface area contributed by atoms with Crippen molar-refractivity contribution in [3.05, 3.63) is 288 Å². The SMILES string of the molecule is Cc1cc(C)c(N2c3cc4c(cc3B3c5sc6ccccc6c5N(c5ccccc5)c5cc(-c6ccccc6C)cc2c53)B2c3cc5c(cc3Oc3cc(-c6ccccc6C)cc(c32)O4)Nc2cc(-c3ccccc3C)cc3c2B5c2sc4ccccc4c2N3c2ccccc2)c(C)c1. The Balaban J connectivity index is 0.851. The summed E-state index contributed by atoms with van der Waals surface area (Å²) in [5.41, 5.74) is 35.3. The first-order chi connectivity index (χ1) is 48.6. The fourth-order valence-electron chi connectivity index (χ4n) is 17.8. The van der Waals surface area contributed by atoms with E-state index in [-0.39, 0.29) is 20.1 Å². The molecule has 0 bridgehead atoms. The Morgan fingerprint density at radius 1 is 0.313 bits per heavy atom. The van der Waals surface area contributed by atoms with E-state index in [0.29, 0.717) is 0 Å². The molecule has 6 aliphatic rings. The molecular weight excluding hydrogens is 1240 g/mol. The van der Waals surface area contributed by atoms with Gasteiger partial charge in [-0.1, -0.05) is 175 Å². The summed E-state index contributed by atoms with van der Waals surface area (Å²) >= 11 is 3.86. The van der Waals surface area contributed by atoms with Gasteiger partial charge < -0.3 is 29.5 Å². The normalized spacial score (nSPS) is 13.7. The third kappa shape index (κ3) is 8.20. The lowest BCUT2D eigenvalue weighted by molar-refractivity contribution is 0.465. The number of ether oxygens (including phenoxy) is 2. The van der Waals surface area contributed by atoms with Gasteiger partial charge in [0.05, 0.1) is 17.1 Å². The summed E-state index contributed by atoms with van der Waals surface area (Å²) in [6, 6.07) is 95.5. The monoisotopic (exact) mass is 1300 g/mol. The fourth-order valence-corrected chi connectivity index (χ4v) is 20.5. The Hall–Kier alpha value is -11.2. The maximum atomic E-state index is 7.75. The number of rotatable bonds is 6. The van der Waals surface area contributed by atoms with Gasteiger partial charge in [0.1, 0.15) is 23.0 Å². The Labute approximate surface area is 584 Å². The van der Waals surface area contributed by atoms with Gasteiger partial charge in [0.25, 0.3) is 20.1 Å². The van der Waals surface area contributed by atoms with Crippen LogP contribution in [0.15, 0.2) is 255 Å². The minimum absolute atomic E-state index is 0.114. The highest BCUT2D eigenvalue weighted by Gasteiger charge is 2.51. The average Bonchev–Trinajstić information content (AvgIpc) is 1.68. The van der Waals surface area contributed by atoms with Crippen molar-refractivity contribution in [2.75, 3.05) is 20.0 Å². The second-order valence-electron chi connectivity index (χ2n) is 27.8.